The molecule has 0 atom stereocenters. The number of aromatic nitrogens is 4. The van der Waals surface area contributed by atoms with Crippen molar-refractivity contribution in [1.29, 1.82) is 0 Å². The van der Waals surface area contributed by atoms with Crippen molar-refractivity contribution >= 4 is 27.1 Å². The summed E-state index contributed by atoms with van der Waals surface area (Å²) in [5.41, 5.74) is 4.18. The summed E-state index contributed by atoms with van der Waals surface area (Å²) >= 11 is 0. The molecule has 7 nitrogen and oxygen atoms in total. The van der Waals surface area contributed by atoms with Gasteiger partial charge >= 0.3 is 0 Å². The van der Waals surface area contributed by atoms with Crippen LogP contribution in [0.5, 0.6) is 0 Å². The first kappa shape index (κ1) is 23.5. The number of piperidine rings is 1. The minimum absolute atomic E-state index is 0.232. The van der Waals surface area contributed by atoms with E-state index in [0.29, 0.717) is 5.65 Å². The van der Waals surface area contributed by atoms with Crippen LogP contribution >= 0.6 is 0 Å². The average Bonchev–Trinajstić information content (AvgIpc) is 3.48. The molecule has 1 saturated heterocycles. The van der Waals surface area contributed by atoms with Gasteiger partial charge in [-0.15, -0.1) is 0 Å². The maximum Gasteiger partial charge on any atom is 0.269 e. The Hall–Kier alpha value is -3.23. The molecule has 3 aromatic heterocycles. The van der Waals surface area contributed by atoms with Gasteiger partial charge in [0, 0.05) is 41.6 Å². The molecule has 182 valence electrons. The van der Waals surface area contributed by atoms with Crippen LogP contribution in [0, 0.1) is 0 Å². The molecular weight excluding hydrogens is 458 g/mol. The molecule has 0 aliphatic carbocycles. The Balaban J connectivity index is 1.55. The number of pyridine rings is 1. The minimum Gasteiger partial charge on any atom is -0.301 e. The Morgan fingerprint density at radius 2 is 1.77 bits per heavy atom. The van der Waals surface area contributed by atoms with Crippen LogP contribution in [0.4, 0.5) is 0 Å². The zero-order valence-corrected chi connectivity index (χ0v) is 21.1. The number of hydrogen-bond acceptors (Lipinski definition) is 5. The van der Waals surface area contributed by atoms with Crippen molar-refractivity contribution in [3.05, 3.63) is 72.3 Å². The summed E-state index contributed by atoms with van der Waals surface area (Å²) in [6, 6.07) is 10.5. The third-order valence-corrected chi connectivity index (χ3v) is 8.09. The van der Waals surface area contributed by atoms with E-state index in [-0.39, 0.29) is 4.90 Å². The quantitative estimate of drug-likeness (QED) is 0.363. The Morgan fingerprint density at radius 1 is 1.00 bits per heavy atom. The molecule has 1 aliphatic rings. The minimum atomic E-state index is -3.80. The van der Waals surface area contributed by atoms with Crippen molar-refractivity contribution in [1.82, 2.24) is 23.6 Å². The average molecular weight is 490 g/mol. The Labute approximate surface area is 206 Å². The van der Waals surface area contributed by atoms with Crippen molar-refractivity contribution in [3.63, 3.8) is 0 Å². The van der Waals surface area contributed by atoms with Gasteiger partial charge in [0.1, 0.15) is 0 Å². The van der Waals surface area contributed by atoms with Crippen LogP contribution in [0.15, 0.2) is 71.7 Å². The Kier molecular flexibility index (Phi) is 6.58. The molecule has 0 bridgehead atoms. The predicted octanol–water partition coefficient (Wildman–Crippen LogP) is 5.05. The normalized spacial score (nSPS) is 14.9. The smallest absolute Gasteiger partial charge is 0.269 e. The van der Waals surface area contributed by atoms with E-state index in [4.69, 9.17) is 0 Å². The van der Waals surface area contributed by atoms with Crippen molar-refractivity contribution < 1.29 is 8.42 Å². The van der Waals surface area contributed by atoms with Crippen LogP contribution in [0.25, 0.3) is 28.2 Å². The summed E-state index contributed by atoms with van der Waals surface area (Å²) < 4.78 is 30.3. The first-order valence-corrected chi connectivity index (χ1v) is 13.6. The summed E-state index contributed by atoms with van der Waals surface area (Å²) in [5.74, 6) is 0. The summed E-state index contributed by atoms with van der Waals surface area (Å²) in [6.07, 6.45) is 13.1. The lowest BCUT2D eigenvalue weighted by Crippen LogP contribution is -2.32. The predicted molar refractivity (Wildman–Crippen MR) is 140 cm³/mol. The van der Waals surface area contributed by atoms with Crippen LogP contribution < -0.4 is 0 Å². The molecule has 35 heavy (non-hydrogen) atoms. The fourth-order valence-corrected chi connectivity index (χ4v) is 6.02. The molecule has 0 saturated carbocycles. The Morgan fingerprint density at radius 3 is 2.51 bits per heavy atom. The molecule has 1 aliphatic heterocycles. The molecule has 0 N–H and O–H groups in total. The van der Waals surface area contributed by atoms with Gasteiger partial charge in [-0.2, -0.15) is 5.10 Å². The molecule has 8 heteroatoms. The first-order valence-electron chi connectivity index (χ1n) is 12.1. The Bertz CT molecular complexity index is 1460. The van der Waals surface area contributed by atoms with Crippen LogP contribution in [0.1, 0.15) is 38.7 Å². The fraction of sp³-hybridized carbons (Fsp3) is 0.333. The molecule has 4 aromatic rings. The number of fused-ring (bicyclic) bond motifs is 1. The lowest BCUT2D eigenvalue weighted by atomic mass is 10.1. The maximum absolute atomic E-state index is 13.5. The third-order valence-electron chi connectivity index (χ3n) is 6.43. The van der Waals surface area contributed by atoms with Gasteiger partial charge in [0.2, 0.25) is 0 Å². The summed E-state index contributed by atoms with van der Waals surface area (Å²) in [5, 5.41) is 5.37. The first-order chi connectivity index (χ1) is 16.9. The van der Waals surface area contributed by atoms with Crippen LogP contribution in [0.3, 0.4) is 0 Å². The topological polar surface area (TPSA) is 73.0 Å². The number of nitrogens with zero attached hydrogens (tertiary/aromatic N) is 5. The van der Waals surface area contributed by atoms with Gasteiger partial charge in [-0.05, 0) is 63.5 Å². The van der Waals surface area contributed by atoms with Crippen molar-refractivity contribution in [2.75, 3.05) is 19.6 Å². The molecule has 1 aromatic carbocycles. The van der Waals surface area contributed by atoms with E-state index < -0.39 is 10.0 Å². The zero-order valence-electron chi connectivity index (χ0n) is 20.3. The summed E-state index contributed by atoms with van der Waals surface area (Å²) in [7, 11) is -3.80. The lowest BCUT2D eigenvalue weighted by molar-refractivity contribution is 0.218. The van der Waals surface area contributed by atoms with E-state index in [2.05, 4.69) is 15.0 Å². The number of hydrogen-bond donors (Lipinski definition) is 0. The second-order valence-corrected chi connectivity index (χ2v) is 11.2. The van der Waals surface area contributed by atoms with Gasteiger partial charge in [0.05, 0.1) is 17.6 Å². The van der Waals surface area contributed by atoms with E-state index in [0.717, 1.165) is 53.8 Å². The van der Waals surface area contributed by atoms with E-state index in [1.165, 1.54) is 23.2 Å². The summed E-state index contributed by atoms with van der Waals surface area (Å²) in [6.45, 7) is 8.14. The van der Waals surface area contributed by atoms with Crippen LogP contribution in [0.2, 0.25) is 0 Å². The molecule has 1 fully saturated rings. The van der Waals surface area contributed by atoms with Gasteiger partial charge in [0.15, 0.2) is 5.65 Å². The number of rotatable bonds is 7. The number of benzene rings is 1. The second kappa shape index (κ2) is 9.79. The monoisotopic (exact) mass is 489 g/mol. The van der Waals surface area contributed by atoms with E-state index in [1.807, 2.05) is 43.1 Å². The van der Waals surface area contributed by atoms with Crippen molar-refractivity contribution in [2.45, 2.75) is 44.6 Å². The molecule has 0 amide bonds. The molecule has 0 radical (unpaired) electrons. The van der Waals surface area contributed by atoms with Gasteiger partial charge < -0.3 is 4.90 Å². The molecule has 0 unspecified atom stereocenters. The highest BCUT2D eigenvalue weighted by Gasteiger charge is 2.23. The van der Waals surface area contributed by atoms with E-state index in [1.54, 1.807) is 42.7 Å². The lowest BCUT2D eigenvalue weighted by Gasteiger charge is -2.26. The van der Waals surface area contributed by atoms with Gasteiger partial charge in [-0.3, -0.25) is 4.68 Å². The SMILES string of the molecule is CC(C)=Cc1cnc2c(c1)c(-c1cnn(CCN3CCCCC3)c1)cn2S(=O)(=O)c1ccccc1. The highest BCUT2D eigenvalue weighted by atomic mass is 32.2. The van der Waals surface area contributed by atoms with Crippen LogP contribution in [-0.2, 0) is 16.6 Å². The van der Waals surface area contributed by atoms with Gasteiger partial charge in [-0.1, -0.05) is 36.3 Å². The largest absolute Gasteiger partial charge is 0.301 e. The third kappa shape index (κ3) is 4.94. The number of allylic oxidation sites excluding steroid dienone is 1. The van der Waals surface area contributed by atoms with Gasteiger partial charge in [-0.25, -0.2) is 17.4 Å². The molecule has 5 rings (SSSR count). The van der Waals surface area contributed by atoms with Gasteiger partial charge in [0.25, 0.3) is 10.0 Å². The van der Waals surface area contributed by atoms with Crippen molar-refractivity contribution in [2.24, 2.45) is 0 Å². The zero-order chi connectivity index (χ0) is 24.4. The summed E-state index contributed by atoms with van der Waals surface area (Å²) in [4.78, 5) is 7.30. The van der Waals surface area contributed by atoms with Crippen molar-refractivity contribution in [3.8, 4) is 11.1 Å². The maximum atomic E-state index is 13.5. The van der Waals surface area contributed by atoms with E-state index in [9.17, 15) is 8.42 Å². The fourth-order valence-electron chi connectivity index (χ4n) is 4.68. The number of likely N-dealkylation sites (tertiary alicyclic amines) is 1. The molecular formula is C27H31N5O2S. The highest BCUT2D eigenvalue weighted by molar-refractivity contribution is 7.90. The second-order valence-electron chi connectivity index (χ2n) is 9.41. The molecule has 0 spiro atoms. The van der Waals surface area contributed by atoms with E-state index >= 15 is 0 Å². The van der Waals surface area contributed by atoms with Crippen LogP contribution in [-0.4, -0.2) is 51.7 Å². The highest BCUT2D eigenvalue weighted by Crippen LogP contribution is 2.33. The standard InChI is InChI=1S/C27H31N5O2S/c1-21(2)15-22-16-25-26(23-18-29-31(19-23)14-13-30-11-7-4-8-12-30)20-32(27(25)28-17-22)35(33,34)24-9-5-3-6-10-24/h3,5-6,9-10,15-20H,4,7-8,11-14H2,1-2H3. The molecule has 4 heterocycles.